The Balaban J connectivity index is 1.47. The molecule has 1 aliphatic heterocycles. The molecule has 0 spiro atoms. The Morgan fingerprint density at radius 1 is 1.34 bits per heavy atom. The number of hydrogen-bond acceptors (Lipinski definition) is 6. The molecule has 0 unspecified atom stereocenters. The van der Waals surface area contributed by atoms with Crippen molar-refractivity contribution in [3.05, 3.63) is 76.6 Å². The predicted octanol–water partition coefficient (Wildman–Crippen LogP) is 4.97. The smallest absolute Gasteiger partial charge is 0.263 e. The molecule has 0 saturated heterocycles. The fourth-order valence-electron chi connectivity index (χ4n) is 4.16. The third-order valence-electron chi connectivity index (χ3n) is 5.56. The lowest BCUT2D eigenvalue weighted by Gasteiger charge is -2.22. The number of carbonyl (C=O) groups excluding carboxylic acids is 1. The van der Waals surface area contributed by atoms with Crippen LogP contribution in [0.15, 0.2) is 75.1 Å². The van der Waals surface area contributed by atoms with Gasteiger partial charge in [-0.15, -0.1) is 17.9 Å². The van der Waals surface area contributed by atoms with Gasteiger partial charge in [-0.1, -0.05) is 36.0 Å². The summed E-state index contributed by atoms with van der Waals surface area (Å²) in [7, 11) is 0. The number of thioether (sulfide) groups is 1. The number of anilines is 1. The summed E-state index contributed by atoms with van der Waals surface area (Å²) >= 11 is 2.69. The van der Waals surface area contributed by atoms with E-state index in [4.69, 9.17) is 9.40 Å². The first kappa shape index (κ1) is 20.8. The van der Waals surface area contributed by atoms with Gasteiger partial charge in [-0.05, 0) is 37.1 Å². The number of thiophene rings is 1. The van der Waals surface area contributed by atoms with Gasteiger partial charge in [0.2, 0.25) is 5.91 Å². The van der Waals surface area contributed by atoms with Crippen molar-refractivity contribution in [2.24, 2.45) is 0 Å². The van der Waals surface area contributed by atoms with Gasteiger partial charge >= 0.3 is 0 Å². The van der Waals surface area contributed by atoms with Crippen LogP contribution in [0.1, 0.15) is 12.5 Å². The number of rotatable bonds is 6. The van der Waals surface area contributed by atoms with Gasteiger partial charge in [0.25, 0.3) is 5.56 Å². The monoisotopic (exact) mass is 463 g/mol. The van der Waals surface area contributed by atoms with Crippen molar-refractivity contribution < 1.29 is 9.21 Å². The van der Waals surface area contributed by atoms with Crippen molar-refractivity contribution in [1.29, 1.82) is 0 Å². The molecule has 0 saturated carbocycles. The number of hydrogen-bond donors (Lipinski definition) is 0. The normalized spacial score (nSPS) is 15.3. The van der Waals surface area contributed by atoms with Gasteiger partial charge in [0, 0.05) is 29.2 Å². The van der Waals surface area contributed by atoms with Crippen LogP contribution in [0.5, 0.6) is 0 Å². The van der Waals surface area contributed by atoms with Crippen LogP contribution in [-0.4, -0.2) is 27.3 Å². The van der Waals surface area contributed by atoms with E-state index in [0.29, 0.717) is 27.7 Å². The van der Waals surface area contributed by atoms with Gasteiger partial charge in [-0.3, -0.25) is 14.2 Å². The lowest BCUT2D eigenvalue weighted by Crippen LogP contribution is -2.37. The highest BCUT2D eigenvalue weighted by Gasteiger charge is 2.30. The van der Waals surface area contributed by atoms with Crippen LogP contribution in [-0.2, 0) is 17.8 Å². The van der Waals surface area contributed by atoms with Gasteiger partial charge in [-0.2, -0.15) is 0 Å². The van der Waals surface area contributed by atoms with E-state index in [1.54, 1.807) is 23.0 Å². The minimum absolute atomic E-state index is 0.00871. The fraction of sp³-hybridized carbons (Fsp3) is 0.208. The summed E-state index contributed by atoms with van der Waals surface area (Å²) < 4.78 is 7.08. The number of furan rings is 1. The van der Waals surface area contributed by atoms with Crippen LogP contribution in [0.2, 0.25) is 0 Å². The molecule has 0 aliphatic carbocycles. The summed E-state index contributed by atoms with van der Waals surface area (Å²) in [6, 6.07) is 11.7. The van der Waals surface area contributed by atoms with Crippen molar-refractivity contribution in [3.63, 3.8) is 0 Å². The third kappa shape index (κ3) is 3.49. The number of amides is 1. The molecule has 1 atom stereocenters. The Hall–Kier alpha value is -3.10. The van der Waals surface area contributed by atoms with Crippen molar-refractivity contribution in [1.82, 2.24) is 9.55 Å². The molecule has 6 nitrogen and oxygen atoms in total. The maximum atomic E-state index is 13.4. The molecule has 4 aromatic rings. The lowest BCUT2D eigenvalue weighted by molar-refractivity contribution is -0.116. The summed E-state index contributed by atoms with van der Waals surface area (Å²) in [4.78, 5) is 33.7. The van der Waals surface area contributed by atoms with E-state index in [2.05, 4.69) is 19.6 Å². The SMILES string of the molecule is C=CCn1c(SCC(=O)N2c3ccccc3C[C@H]2C)nc2scc(-c3ccco3)c2c1=O. The number of carbonyl (C=O) groups is 1. The molecule has 32 heavy (non-hydrogen) atoms. The van der Waals surface area contributed by atoms with E-state index in [9.17, 15) is 9.59 Å². The molecular formula is C24H21N3O3S2. The highest BCUT2D eigenvalue weighted by atomic mass is 32.2. The zero-order valence-electron chi connectivity index (χ0n) is 17.5. The Morgan fingerprint density at radius 2 is 2.19 bits per heavy atom. The number of benzene rings is 1. The van der Waals surface area contributed by atoms with Crippen molar-refractivity contribution >= 4 is 44.9 Å². The Kier molecular flexibility index (Phi) is 5.48. The molecule has 3 aromatic heterocycles. The number of fused-ring (bicyclic) bond motifs is 2. The van der Waals surface area contributed by atoms with Gasteiger partial charge in [0.05, 0.1) is 17.4 Å². The Morgan fingerprint density at radius 3 is 2.97 bits per heavy atom. The maximum Gasteiger partial charge on any atom is 0.263 e. The Bertz CT molecular complexity index is 1370. The first-order chi connectivity index (χ1) is 15.6. The van der Waals surface area contributed by atoms with E-state index < -0.39 is 0 Å². The maximum absolute atomic E-state index is 13.4. The van der Waals surface area contributed by atoms with Crippen LogP contribution < -0.4 is 10.5 Å². The topological polar surface area (TPSA) is 68.3 Å². The molecule has 4 heterocycles. The molecule has 162 valence electrons. The summed E-state index contributed by atoms with van der Waals surface area (Å²) in [5.41, 5.74) is 2.74. The molecule has 5 rings (SSSR count). The van der Waals surface area contributed by atoms with Crippen LogP contribution in [0.3, 0.4) is 0 Å². The molecule has 0 fully saturated rings. The second-order valence-corrected chi connectivity index (χ2v) is 9.44. The minimum Gasteiger partial charge on any atom is -0.464 e. The predicted molar refractivity (Wildman–Crippen MR) is 130 cm³/mol. The molecular weight excluding hydrogens is 442 g/mol. The van der Waals surface area contributed by atoms with Crippen molar-refractivity contribution in [2.45, 2.75) is 31.1 Å². The van der Waals surface area contributed by atoms with Gasteiger partial charge < -0.3 is 9.32 Å². The number of para-hydroxylation sites is 1. The van der Waals surface area contributed by atoms with Crippen LogP contribution in [0.25, 0.3) is 21.5 Å². The number of nitrogens with zero attached hydrogens (tertiary/aromatic N) is 3. The summed E-state index contributed by atoms with van der Waals surface area (Å²) in [6.45, 7) is 6.16. The quantitative estimate of drug-likeness (QED) is 0.229. The minimum atomic E-state index is -0.155. The van der Waals surface area contributed by atoms with E-state index in [1.165, 1.54) is 28.7 Å². The summed E-state index contributed by atoms with van der Waals surface area (Å²) in [6.07, 6.45) is 4.10. The second kappa shape index (κ2) is 8.44. The van der Waals surface area contributed by atoms with Gasteiger partial charge in [0.1, 0.15) is 10.6 Å². The van der Waals surface area contributed by atoms with Crippen molar-refractivity contribution in [3.8, 4) is 11.3 Å². The summed E-state index contributed by atoms with van der Waals surface area (Å²) in [5.74, 6) is 0.844. The molecule has 1 aromatic carbocycles. The number of allylic oxidation sites excluding steroid dienone is 1. The van der Waals surface area contributed by atoms with Crippen molar-refractivity contribution in [2.75, 3.05) is 10.7 Å². The average Bonchev–Trinajstić information content (AvgIpc) is 3.51. The molecule has 0 N–H and O–H groups in total. The molecule has 1 amide bonds. The number of aromatic nitrogens is 2. The largest absolute Gasteiger partial charge is 0.464 e. The molecule has 0 bridgehead atoms. The third-order valence-corrected chi connectivity index (χ3v) is 7.39. The average molecular weight is 464 g/mol. The van der Waals surface area contributed by atoms with Gasteiger partial charge in [0.15, 0.2) is 5.16 Å². The molecule has 8 heteroatoms. The zero-order valence-corrected chi connectivity index (χ0v) is 19.1. The summed E-state index contributed by atoms with van der Waals surface area (Å²) in [5, 5.41) is 2.94. The van der Waals surface area contributed by atoms with Gasteiger partial charge in [-0.25, -0.2) is 4.98 Å². The van der Waals surface area contributed by atoms with Crippen LogP contribution >= 0.6 is 23.1 Å². The van der Waals surface area contributed by atoms with E-state index >= 15 is 0 Å². The van der Waals surface area contributed by atoms with E-state index in [0.717, 1.165) is 17.7 Å². The fourth-order valence-corrected chi connectivity index (χ4v) is 6.00. The molecule has 0 radical (unpaired) electrons. The first-order valence-corrected chi connectivity index (χ1v) is 12.1. The zero-order chi connectivity index (χ0) is 22.2. The highest BCUT2D eigenvalue weighted by molar-refractivity contribution is 7.99. The standard InChI is InChI=1S/C24H21N3O3S2/c1-3-10-26-23(29)21-17(19-9-6-11-30-19)13-31-22(21)25-24(26)32-14-20(28)27-15(2)12-16-7-4-5-8-18(16)27/h3-9,11,13,15H,1,10,12,14H2,2H3/t15-/m1/s1. The van der Waals surface area contributed by atoms with E-state index in [-0.39, 0.29) is 23.3 Å². The lowest BCUT2D eigenvalue weighted by atomic mass is 10.1. The molecule has 1 aliphatic rings. The van der Waals surface area contributed by atoms with E-state index in [1.807, 2.05) is 34.5 Å². The van der Waals surface area contributed by atoms with Crippen LogP contribution in [0, 0.1) is 0 Å². The Labute approximate surface area is 193 Å². The van der Waals surface area contributed by atoms with Crippen LogP contribution in [0.4, 0.5) is 5.69 Å². The second-order valence-electron chi connectivity index (χ2n) is 7.64. The first-order valence-electron chi connectivity index (χ1n) is 10.3. The highest BCUT2D eigenvalue weighted by Crippen LogP contribution is 2.34.